The fourth-order valence-corrected chi connectivity index (χ4v) is 2.16. The molecule has 0 aliphatic carbocycles. The van der Waals surface area contributed by atoms with E-state index < -0.39 is 0 Å². The van der Waals surface area contributed by atoms with Crippen molar-refractivity contribution >= 4 is 10.9 Å². The molecule has 1 heterocycles. The number of hydrogen-bond donors (Lipinski definition) is 2. The molecule has 0 aliphatic heterocycles. The molecule has 2 aromatic rings. The predicted molar refractivity (Wildman–Crippen MR) is 76.0 cm³/mol. The van der Waals surface area contributed by atoms with Crippen LogP contribution in [-0.2, 0) is 0 Å². The Balaban J connectivity index is 2.65. The summed E-state index contributed by atoms with van der Waals surface area (Å²) < 4.78 is 0. The van der Waals surface area contributed by atoms with Gasteiger partial charge >= 0.3 is 0 Å². The Morgan fingerprint density at radius 2 is 2.06 bits per heavy atom. The van der Waals surface area contributed by atoms with Gasteiger partial charge in [0, 0.05) is 11.1 Å². The number of para-hydroxylation sites is 1. The second kappa shape index (κ2) is 5.29. The van der Waals surface area contributed by atoms with Gasteiger partial charge in [0.25, 0.3) is 0 Å². The SMILES string of the molecule is CC(C)=CC(NN)c1cc(C)nc2ccccc12. The number of fused-ring (bicyclic) bond motifs is 1. The Morgan fingerprint density at radius 3 is 2.72 bits per heavy atom. The Hall–Kier alpha value is -1.71. The smallest absolute Gasteiger partial charge is 0.0708 e. The van der Waals surface area contributed by atoms with Crippen LogP contribution in [-0.4, -0.2) is 4.98 Å². The van der Waals surface area contributed by atoms with Crippen molar-refractivity contribution in [3.05, 3.63) is 53.2 Å². The number of aryl methyl sites for hydroxylation is 1. The number of nitrogens with two attached hydrogens (primary N) is 1. The quantitative estimate of drug-likeness (QED) is 0.493. The molecule has 0 radical (unpaired) electrons. The molecule has 3 N–H and O–H groups in total. The molecule has 1 aromatic heterocycles. The lowest BCUT2D eigenvalue weighted by Gasteiger charge is -2.16. The van der Waals surface area contributed by atoms with Gasteiger partial charge in [0.2, 0.25) is 0 Å². The molecule has 0 amide bonds. The van der Waals surface area contributed by atoms with E-state index in [1.165, 1.54) is 11.1 Å². The Bertz CT molecular complexity index is 583. The summed E-state index contributed by atoms with van der Waals surface area (Å²) in [5.74, 6) is 5.68. The third-order valence-corrected chi connectivity index (χ3v) is 2.89. The largest absolute Gasteiger partial charge is 0.271 e. The van der Waals surface area contributed by atoms with Gasteiger partial charge in [-0.1, -0.05) is 29.8 Å². The highest BCUT2D eigenvalue weighted by Gasteiger charge is 2.11. The van der Waals surface area contributed by atoms with E-state index in [9.17, 15) is 0 Å². The van der Waals surface area contributed by atoms with Gasteiger partial charge in [-0.25, -0.2) is 5.43 Å². The van der Waals surface area contributed by atoms with Crippen LogP contribution < -0.4 is 11.3 Å². The van der Waals surface area contributed by atoms with Crippen LogP contribution in [0.15, 0.2) is 42.0 Å². The minimum Gasteiger partial charge on any atom is -0.271 e. The third kappa shape index (κ3) is 2.58. The van der Waals surface area contributed by atoms with Crippen LogP contribution in [0.25, 0.3) is 10.9 Å². The summed E-state index contributed by atoms with van der Waals surface area (Å²) in [7, 11) is 0. The molecule has 0 saturated heterocycles. The van der Waals surface area contributed by atoms with E-state index in [2.05, 4.69) is 42.5 Å². The third-order valence-electron chi connectivity index (χ3n) is 2.89. The van der Waals surface area contributed by atoms with E-state index >= 15 is 0 Å². The second-order valence-corrected chi connectivity index (χ2v) is 4.76. The van der Waals surface area contributed by atoms with Gasteiger partial charge in [-0.3, -0.25) is 10.8 Å². The molecular formula is C15H19N3. The van der Waals surface area contributed by atoms with Crippen LogP contribution in [0.5, 0.6) is 0 Å². The zero-order valence-electron chi connectivity index (χ0n) is 11.1. The van der Waals surface area contributed by atoms with Crippen molar-refractivity contribution in [2.75, 3.05) is 0 Å². The van der Waals surface area contributed by atoms with Gasteiger partial charge < -0.3 is 0 Å². The highest BCUT2D eigenvalue weighted by atomic mass is 15.2. The van der Waals surface area contributed by atoms with E-state index in [1.54, 1.807) is 0 Å². The zero-order chi connectivity index (χ0) is 13.1. The van der Waals surface area contributed by atoms with Crippen LogP contribution in [0.3, 0.4) is 0 Å². The number of nitrogens with zero attached hydrogens (tertiary/aromatic N) is 1. The van der Waals surface area contributed by atoms with Crippen LogP contribution in [0.4, 0.5) is 0 Å². The number of pyridine rings is 1. The summed E-state index contributed by atoms with van der Waals surface area (Å²) in [5, 5.41) is 1.14. The maximum absolute atomic E-state index is 5.68. The molecule has 2 rings (SSSR count). The highest BCUT2D eigenvalue weighted by molar-refractivity contribution is 5.83. The molecule has 0 saturated carbocycles. The number of hydrogen-bond acceptors (Lipinski definition) is 3. The van der Waals surface area contributed by atoms with Gasteiger partial charge in [0.05, 0.1) is 11.6 Å². The van der Waals surface area contributed by atoms with Gasteiger partial charge in [-0.15, -0.1) is 0 Å². The predicted octanol–water partition coefficient (Wildman–Crippen LogP) is 3.01. The summed E-state index contributed by atoms with van der Waals surface area (Å²) in [5.41, 5.74) is 7.28. The molecule has 3 heteroatoms. The maximum Gasteiger partial charge on any atom is 0.0708 e. The fraction of sp³-hybridized carbons (Fsp3) is 0.267. The topological polar surface area (TPSA) is 50.9 Å². The van der Waals surface area contributed by atoms with Crippen molar-refractivity contribution < 1.29 is 0 Å². The van der Waals surface area contributed by atoms with Gasteiger partial charge in [0.15, 0.2) is 0 Å². The van der Waals surface area contributed by atoms with Crippen molar-refractivity contribution in [3.8, 4) is 0 Å². The molecule has 3 nitrogen and oxygen atoms in total. The average Bonchev–Trinajstić information content (AvgIpc) is 2.34. The Labute approximate surface area is 108 Å². The second-order valence-electron chi connectivity index (χ2n) is 4.76. The summed E-state index contributed by atoms with van der Waals surface area (Å²) in [6.45, 7) is 6.15. The lowest BCUT2D eigenvalue weighted by Crippen LogP contribution is -2.27. The normalized spacial score (nSPS) is 12.4. The summed E-state index contributed by atoms with van der Waals surface area (Å²) in [4.78, 5) is 4.54. The number of allylic oxidation sites excluding steroid dienone is 1. The van der Waals surface area contributed by atoms with E-state index in [1.807, 2.05) is 25.1 Å². The first-order valence-electron chi connectivity index (χ1n) is 6.09. The Kier molecular flexibility index (Phi) is 3.75. The van der Waals surface area contributed by atoms with Crippen molar-refractivity contribution in [3.63, 3.8) is 0 Å². The van der Waals surface area contributed by atoms with E-state index in [-0.39, 0.29) is 6.04 Å². The molecule has 1 atom stereocenters. The zero-order valence-corrected chi connectivity index (χ0v) is 11.1. The van der Waals surface area contributed by atoms with Crippen LogP contribution in [0.1, 0.15) is 31.1 Å². The summed E-state index contributed by atoms with van der Waals surface area (Å²) >= 11 is 0. The van der Waals surface area contributed by atoms with E-state index in [4.69, 9.17) is 5.84 Å². The number of benzene rings is 1. The molecule has 0 spiro atoms. The number of rotatable bonds is 3. The number of nitrogens with one attached hydrogen (secondary N) is 1. The minimum absolute atomic E-state index is 0.0154. The lowest BCUT2D eigenvalue weighted by molar-refractivity contribution is 0.655. The van der Waals surface area contributed by atoms with Crippen LogP contribution in [0.2, 0.25) is 0 Å². The molecule has 18 heavy (non-hydrogen) atoms. The van der Waals surface area contributed by atoms with Crippen molar-refractivity contribution in [1.82, 2.24) is 10.4 Å². The van der Waals surface area contributed by atoms with Crippen LogP contribution >= 0.6 is 0 Å². The standard InChI is InChI=1S/C15H19N3/c1-10(2)8-15(18-16)13-9-11(3)17-14-7-5-4-6-12(13)14/h4-9,15,18H,16H2,1-3H3. The molecule has 0 bridgehead atoms. The van der Waals surface area contributed by atoms with Crippen molar-refractivity contribution in [2.24, 2.45) is 5.84 Å². The number of aromatic nitrogens is 1. The molecular weight excluding hydrogens is 222 g/mol. The molecule has 1 unspecified atom stereocenters. The monoisotopic (exact) mass is 241 g/mol. The van der Waals surface area contributed by atoms with E-state index in [0.29, 0.717) is 0 Å². The summed E-state index contributed by atoms with van der Waals surface area (Å²) in [6, 6.07) is 10.2. The van der Waals surface area contributed by atoms with Crippen molar-refractivity contribution in [2.45, 2.75) is 26.8 Å². The average molecular weight is 241 g/mol. The maximum atomic E-state index is 5.68. The minimum atomic E-state index is 0.0154. The van der Waals surface area contributed by atoms with E-state index in [0.717, 1.165) is 16.6 Å². The fourth-order valence-electron chi connectivity index (χ4n) is 2.16. The summed E-state index contributed by atoms with van der Waals surface area (Å²) in [6.07, 6.45) is 2.13. The van der Waals surface area contributed by atoms with Gasteiger partial charge in [0.1, 0.15) is 0 Å². The molecule has 1 aromatic carbocycles. The van der Waals surface area contributed by atoms with Crippen molar-refractivity contribution in [1.29, 1.82) is 0 Å². The Morgan fingerprint density at radius 1 is 1.33 bits per heavy atom. The first kappa shape index (κ1) is 12.7. The number of hydrazine groups is 1. The first-order chi connectivity index (χ1) is 8.61. The van der Waals surface area contributed by atoms with Crippen LogP contribution in [0, 0.1) is 6.92 Å². The molecule has 94 valence electrons. The first-order valence-corrected chi connectivity index (χ1v) is 6.09. The lowest BCUT2D eigenvalue weighted by atomic mass is 10.00. The molecule has 0 aliphatic rings. The highest BCUT2D eigenvalue weighted by Crippen LogP contribution is 2.25. The van der Waals surface area contributed by atoms with Gasteiger partial charge in [-0.05, 0) is 38.5 Å². The molecule has 0 fully saturated rings. The van der Waals surface area contributed by atoms with Gasteiger partial charge in [-0.2, -0.15) is 0 Å².